The maximum atomic E-state index is 14.6. The molecule has 1 aromatic carbocycles. The topological polar surface area (TPSA) is 67.3 Å². The second-order valence-electron chi connectivity index (χ2n) is 7.83. The van der Waals surface area contributed by atoms with Crippen LogP contribution in [-0.4, -0.2) is 46.7 Å². The quantitative estimate of drug-likeness (QED) is 0.837. The van der Waals surface area contributed by atoms with Gasteiger partial charge in [0.15, 0.2) is 5.82 Å². The molecule has 2 heterocycles. The van der Waals surface area contributed by atoms with E-state index in [0.29, 0.717) is 36.0 Å². The van der Waals surface area contributed by atoms with Gasteiger partial charge in [0.25, 0.3) is 0 Å². The Balaban J connectivity index is 0.00000300. The fourth-order valence-electron chi connectivity index (χ4n) is 4.01. The number of urea groups is 1. The number of ether oxygens (including phenoxy) is 1. The van der Waals surface area contributed by atoms with E-state index in [2.05, 4.69) is 22.2 Å². The second-order valence-corrected chi connectivity index (χ2v) is 7.83. The van der Waals surface area contributed by atoms with Gasteiger partial charge in [-0.15, -0.1) is 0 Å². The minimum Gasteiger partial charge on any atom is -0.382 e. The predicted molar refractivity (Wildman–Crippen MR) is 109 cm³/mol. The molecule has 152 valence electrons. The lowest BCUT2D eigenvalue weighted by Gasteiger charge is -2.46. The van der Waals surface area contributed by atoms with Crippen LogP contribution in [0.4, 0.5) is 14.9 Å². The van der Waals surface area contributed by atoms with Crippen molar-refractivity contribution < 1.29 is 15.3 Å². The van der Waals surface area contributed by atoms with Gasteiger partial charge in [-0.25, -0.2) is 19.2 Å². The van der Waals surface area contributed by atoms with Crippen molar-refractivity contribution in [2.75, 3.05) is 25.6 Å². The number of carbonyl (C=O) groups excluding carboxylic acids is 1. The number of benzene rings is 1. The van der Waals surface area contributed by atoms with E-state index in [4.69, 9.17) is 4.74 Å². The highest BCUT2D eigenvalue weighted by Crippen LogP contribution is 2.33. The number of piperidine rings is 1. The van der Waals surface area contributed by atoms with Crippen LogP contribution in [-0.2, 0) is 4.74 Å². The van der Waals surface area contributed by atoms with E-state index < -0.39 is 11.4 Å². The SMILES string of the molecule is COC[C@]1(C)C[C@H](C)CCN1C(=O)Nc1cc(-c2ncccn2)c(C)cc1F.[HH]. The van der Waals surface area contributed by atoms with Crippen molar-refractivity contribution in [1.82, 2.24) is 14.9 Å². The van der Waals surface area contributed by atoms with Crippen molar-refractivity contribution in [2.24, 2.45) is 5.92 Å². The first-order valence-corrected chi connectivity index (χ1v) is 9.49. The number of nitrogens with one attached hydrogen (secondary N) is 1. The van der Waals surface area contributed by atoms with Gasteiger partial charge in [0, 0.05) is 33.0 Å². The molecule has 0 saturated carbocycles. The summed E-state index contributed by atoms with van der Waals surface area (Å²) in [4.78, 5) is 23.2. The molecule has 2 aromatic rings. The second kappa shape index (κ2) is 8.22. The van der Waals surface area contributed by atoms with E-state index in [1.807, 2.05) is 6.92 Å². The molecule has 7 heteroatoms. The largest absolute Gasteiger partial charge is 0.382 e. The van der Waals surface area contributed by atoms with Crippen LogP contribution in [0.3, 0.4) is 0 Å². The Hall–Kier alpha value is -2.54. The first kappa shape index (κ1) is 20.2. The van der Waals surface area contributed by atoms with Gasteiger partial charge in [0.1, 0.15) is 5.82 Å². The summed E-state index contributed by atoms with van der Waals surface area (Å²) in [6, 6.07) is 4.39. The zero-order chi connectivity index (χ0) is 20.3. The minimum absolute atomic E-state index is 0. The summed E-state index contributed by atoms with van der Waals surface area (Å²) in [6.07, 6.45) is 5.02. The standard InChI is InChI=1S/C21H27FN4O2.H2/c1-14-6-9-26(21(3,12-14)13-28-4)20(27)25-18-11-16(15(2)10-17(18)22)19-23-7-5-8-24-19;/h5,7-8,10-11,14H,6,9,12-13H2,1-4H3,(H,25,27);1H/t14-,21+;/m1./s1. The van der Waals surface area contributed by atoms with Crippen molar-refractivity contribution in [2.45, 2.75) is 39.2 Å². The first-order valence-electron chi connectivity index (χ1n) is 9.49. The van der Waals surface area contributed by atoms with Crippen LogP contribution in [0.15, 0.2) is 30.6 Å². The molecule has 0 unspecified atom stereocenters. The summed E-state index contributed by atoms with van der Waals surface area (Å²) in [7, 11) is 1.63. The zero-order valence-corrected chi connectivity index (χ0v) is 16.8. The van der Waals surface area contributed by atoms with Gasteiger partial charge in [-0.2, -0.15) is 0 Å². The summed E-state index contributed by atoms with van der Waals surface area (Å²) in [5, 5.41) is 2.75. The van der Waals surface area contributed by atoms with Gasteiger partial charge in [-0.05, 0) is 56.4 Å². The maximum absolute atomic E-state index is 14.6. The monoisotopic (exact) mass is 388 g/mol. The van der Waals surface area contributed by atoms with Crippen LogP contribution in [0.25, 0.3) is 11.4 Å². The summed E-state index contributed by atoms with van der Waals surface area (Å²) in [6.45, 7) is 7.02. The molecule has 28 heavy (non-hydrogen) atoms. The number of rotatable bonds is 4. The molecule has 0 bridgehead atoms. The summed E-state index contributed by atoms with van der Waals surface area (Å²) in [5.41, 5.74) is 1.08. The fourth-order valence-corrected chi connectivity index (χ4v) is 4.01. The highest BCUT2D eigenvalue weighted by molar-refractivity contribution is 5.91. The molecule has 0 radical (unpaired) electrons. The third-order valence-electron chi connectivity index (χ3n) is 5.35. The van der Waals surface area contributed by atoms with E-state index in [1.54, 1.807) is 43.5 Å². The van der Waals surface area contributed by atoms with E-state index in [1.165, 1.54) is 6.07 Å². The number of hydrogen-bond acceptors (Lipinski definition) is 4. The number of methoxy groups -OCH3 is 1. The molecule has 0 spiro atoms. The van der Waals surface area contributed by atoms with Gasteiger partial charge in [-0.1, -0.05) is 6.92 Å². The lowest BCUT2D eigenvalue weighted by Crippen LogP contribution is -2.58. The smallest absolute Gasteiger partial charge is 0.322 e. The normalized spacial score (nSPS) is 22.2. The molecule has 0 aliphatic carbocycles. The van der Waals surface area contributed by atoms with Crippen molar-refractivity contribution in [1.29, 1.82) is 0 Å². The number of anilines is 1. The zero-order valence-electron chi connectivity index (χ0n) is 16.8. The molecule has 1 aliphatic heterocycles. The number of aromatic nitrogens is 2. The Morgan fingerprint density at radius 3 is 2.82 bits per heavy atom. The van der Waals surface area contributed by atoms with E-state index in [0.717, 1.165) is 12.8 Å². The summed E-state index contributed by atoms with van der Waals surface area (Å²) >= 11 is 0. The number of likely N-dealkylation sites (tertiary alicyclic amines) is 1. The summed E-state index contributed by atoms with van der Waals surface area (Å²) < 4.78 is 19.9. The van der Waals surface area contributed by atoms with Gasteiger partial charge in [-0.3, -0.25) is 0 Å². The van der Waals surface area contributed by atoms with Crippen LogP contribution in [0.1, 0.15) is 33.7 Å². The third-order valence-corrected chi connectivity index (χ3v) is 5.35. The highest BCUT2D eigenvalue weighted by Gasteiger charge is 2.40. The maximum Gasteiger partial charge on any atom is 0.322 e. The van der Waals surface area contributed by atoms with Crippen LogP contribution in [0.5, 0.6) is 0 Å². The Labute approximate surface area is 166 Å². The van der Waals surface area contributed by atoms with Crippen molar-refractivity contribution in [3.05, 3.63) is 42.0 Å². The van der Waals surface area contributed by atoms with Crippen LogP contribution < -0.4 is 5.32 Å². The van der Waals surface area contributed by atoms with Crippen LogP contribution >= 0.6 is 0 Å². The molecule has 1 aromatic heterocycles. The molecule has 2 amide bonds. The average molecular weight is 388 g/mol. The average Bonchev–Trinajstić information content (AvgIpc) is 2.64. The highest BCUT2D eigenvalue weighted by atomic mass is 19.1. The van der Waals surface area contributed by atoms with Crippen LogP contribution in [0.2, 0.25) is 0 Å². The molecule has 3 rings (SSSR count). The molecule has 1 N–H and O–H groups in total. The lowest BCUT2D eigenvalue weighted by molar-refractivity contribution is 0.00847. The Morgan fingerprint density at radius 2 is 2.14 bits per heavy atom. The number of amides is 2. The molecular weight excluding hydrogens is 359 g/mol. The van der Waals surface area contributed by atoms with Crippen molar-refractivity contribution >= 4 is 11.7 Å². The minimum atomic E-state index is -0.482. The molecule has 2 atom stereocenters. The molecule has 1 saturated heterocycles. The van der Waals surface area contributed by atoms with E-state index in [-0.39, 0.29) is 13.1 Å². The van der Waals surface area contributed by atoms with Gasteiger partial charge in [0.2, 0.25) is 0 Å². The predicted octanol–water partition coefficient (Wildman–Crippen LogP) is 4.51. The lowest BCUT2D eigenvalue weighted by atomic mass is 9.83. The van der Waals surface area contributed by atoms with E-state index in [9.17, 15) is 9.18 Å². The molecule has 1 aliphatic rings. The number of hydrogen-bond donors (Lipinski definition) is 1. The van der Waals surface area contributed by atoms with E-state index >= 15 is 0 Å². The Kier molecular flexibility index (Phi) is 5.93. The number of carbonyl (C=O) groups is 1. The fraction of sp³-hybridized carbons (Fsp3) is 0.476. The Bertz CT molecular complexity index is 852. The van der Waals surface area contributed by atoms with Gasteiger partial charge < -0.3 is 15.0 Å². The molecular formula is C21H29FN4O2. The van der Waals surface area contributed by atoms with Gasteiger partial charge in [0.05, 0.1) is 17.8 Å². The summed E-state index contributed by atoms with van der Waals surface area (Å²) in [5.74, 6) is 0.512. The van der Waals surface area contributed by atoms with Crippen LogP contribution in [0, 0.1) is 18.7 Å². The number of halogens is 1. The third kappa shape index (κ3) is 4.14. The Morgan fingerprint density at radius 1 is 1.43 bits per heavy atom. The molecule has 6 nitrogen and oxygen atoms in total. The number of nitrogens with zero attached hydrogens (tertiary/aromatic N) is 3. The van der Waals surface area contributed by atoms with Crippen molar-refractivity contribution in [3.8, 4) is 11.4 Å². The van der Waals surface area contributed by atoms with Gasteiger partial charge >= 0.3 is 6.03 Å². The van der Waals surface area contributed by atoms with Crippen molar-refractivity contribution in [3.63, 3.8) is 0 Å². The number of aryl methyl sites for hydroxylation is 1. The first-order chi connectivity index (χ1) is 13.3. The molecule has 1 fully saturated rings.